The minimum Gasteiger partial charge on any atom is -0.485 e. The van der Waals surface area contributed by atoms with Gasteiger partial charge in [-0.25, -0.2) is 9.78 Å². The van der Waals surface area contributed by atoms with Crippen molar-refractivity contribution in [2.75, 3.05) is 6.61 Å². The minimum absolute atomic E-state index is 0.0623. The second kappa shape index (κ2) is 6.68. The van der Waals surface area contributed by atoms with Crippen molar-refractivity contribution in [3.05, 3.63) is 66.7 Å². The molecule has 1 aliphatic heterocycles. The Morgan fingerprint density at radius 2 is 1.84 bits per heavy atom. The smallest absolute Gasteiger partial charge is 0.351 e. The number of aromatic nitrogens is 1. The fourth-order valence-corrected chi connectivity index (χ4v) is 2.47. The second-order valence-corrected chi connectivity index (χ2v) is 5.46. The van der Waals surface area contributed by atoms with E-state index in [1.807, 2.05) is 42.5 Å². The number of carbonyl (C=O) groups is 1. The fraction of sp³-hybridized carbons (Fsp3) is 0.158. The quantitative estimate of drug-likeness (QED) is 0.681. The van der Waals surface area contributed by atoms with Gasteiger partial charge < -0.3 is 18.6 Å². The van der Waals surface area contributed by atoms with Gasteiger partial charge in [-0.05, 0) is 12.1 Å². The summed E-state index contributed by atoms with van der Waals surface area (Å²) in [7, 11) is 0. The molecular formula is C19H15NO5. The highest BCUT2D eigenvalue weighted by molar-refractivity contribution is 5.76. The van der Waals surface area contributed by atoms with Crippen molar-refractivity contribution in [3.8, 4) is 22.8 Å². The summed E-state index contributed by atoms with van der Waals surface area (Å²) < 4.78 is 21.9. The van der Waals surface area contributed by atoms with Gasteiger partial charge in [-0.15, -0.1) is 0 Å². The molecule has 2 aromatic carbocycles. The number of carbonyl (C=O) groups excluding carboxylic acids is 1. The Morgan fingerprint density at radius 3 is 2.68 bits per heavy atom. The summed E-state index contributed by atoms with van der Waals surface area (Å²) in [5.41, 5.74) is 0.910. The predicted octanol–water partition coefficient (Wildman–Crippen LogP) is 3.22. The Bertz CT molecular complexity index is 874. The van der Waals surface area contributed by atoms with Crippen molar-refractivity contribution in [2.45, 2.75) is 12.7 Å². The van der Waals surface area contributed by atoms with E-state index in [0.717, 1.165) is 5.56 Å². The van der Waals surface area contributed by atoms with Gasteiger partial charge in [-0.1, -0.05) is 42.5 Å². The molecule has 1 aliphatic rings. The third kappa shape index (κ3) is 3.33. The fourth-order valence-electron chi connectivity index (χ4n) is 2.47. The number of fused-ring (bicyclic) bond motifs is 1. The molecule has 25 heavy (non-hydrogen) atoms. The standard InChI is InChI=1S/C19H15NO5/c21-19(17-11-22-14-8-4-5-9-15(14)24-17)23-12-18-20-10-16(25-18)13-6-2-1-3-7-13/h1-10,17H,11-12H2/t17-/m1/s1. The van der Waals surface area contributed by atoms with Crippen LogP contribution in [-0.2, 0) is 16.1 Å². The molecule has 126 valence electrons. The highest BCUT2D eigenvalue weighted by Crippen LogP contribution is 2.31. The van der Waals surface area contributed by atoms with Gasteiger partial charge in [0.15, 0.2) is 23.9 Å². The van der Waals surface area contributed by atoms with E-state index < -0.39 is 12.1 Å². The Balaban J connectivity index is 1.36. The van der Waals surface area contributed by atoms with Crippen LogP contribution in [0.15, 0.2) is 65.2 Å². The van der Waals surface area contributed by atoms with Gasteiger partial charge in [0, 0.05) is 5.56 Å². The highest BCUT2D eigenvalue weighted by atomic mass is 16.6. The number of esters is 1. The van der Waals surface area contributed by atoms with E-state index in [9.17, 15) is 4.79 Å². The van der Waals surface area contributed by atoms with Crippen LogP contribution in [0.5, 0.6) is 11.5 Å². The Hall–Kier alpha value is -3.28. The number of ether oxygens (including phenoxy) is 3. The van der Waals surface area contributed by atoms with E-state index in [4.69, 9.17) is 18.6 Å². The van der Waals surface area contributed by atoms with Crippen molar-refractivity contribution in [3.63, 3.8) is 0 Å². The molecule has 2 heterocycles. The van der Waals surface area contributed by atoms with Gasteiger partial charge in [0.05, 0.1) is 6.20 Å². The SMILES string of the molecule is O=C(OCc1ncc(-c2ccccc2)o1)[C@H]1COc2ccccc2O1. The number of para-hydroxylation sites is 2. The van der Waals surface area contributed by atoms with E-state index in [1.165, 1.54) is 0 Å². The van der Waals surface area contributed by atoms with E-state index >= 15 is 0 Å². The summed E-state index contributed by atoms with van der Waals surface area (Å²) in [6.07, 6.45) is 0.799. The minimum atomic E-state index is -0.807. The van der Waals surface area contributed by atoms with Crippen LogP contribution in [0, 0.1) is 0 Å². The molecule has 0 amide bonds. The number of nitrogens with zero attached hydrogens (tertiary/aromatic N) is 1. The first-order valence-corrected chi connectivity index (χ1v) is 7.85. The molecule has 6 nitrogen and oxygen atoms in total. The third-order valence-electron chi connectivity index (χ3n) is 3.72. The lowest BCUT2D eigenvalue weighted by molar-refractivity contribution is -0.156. The molecule has 4 rings (SSSR count). The number of oxazole rings is 1. The zero-order valence-corrected chi connectivity index (χ0v) is 13.3. The molecule has 3 aromatic rings. The zero-order chi connectivity index (χ0) is 17.1. The van der Waals surface area contributed by atoms with Crippen molar-refractivity contribution in [1.82, 2.24) is 4.98 Å². The Morgan fingerprint density at radius 1 is 1.08 bits per heavy atom. The van der Waals surface area contributed by atoms with Crippen molar-refractivity contribution < 1.29 is 23.4 Å². The Kier molecular flexibility index (Phi) is 4.08. The van der Waals surface area contributed by atoms with Gasteiger partial charge in [-0.2, -0.15) is 0 Å². The van der Waals surface area contributed by atoms with Crippen LogP contribution in [0.4, 0.5) is 0 Å². The molecule has 0 spiro atoms. The largest absolute Gasteiger partial charge is 0.485 e. The second-order valence-electron chi connectivity index (χ2n) is 5.46. The molecule has 0 N–H and O–H groups in total. The highest BCUT2D eigenvalue weighted by Gasteiger charge is 2.29. The molecule has 0 unspecified atom stereocenters. The van der Waals surface area contributed by atoms with Gasteiger partial charge in [0.25, 0.3) is 0 Å². The normalized spacial score (nSPS) is 15.6. The third-order valence-corrected chi connectivity index (χ3v) is 3.72. The van der Waals surface area contributed by atoms with Crippen LogP contribution in [-0.4, -0.2) is 23.7 Å². The Labute approximate surface area is 144 Å². The van der Waals surface area contributed by atoms with Crippen LogP contribution in [0.2, 0.25) is 0 Å². The predicted molar refractivity (Wildman–Crippen MR) is 88.1 cm³/mol. The molecular weight excluding hydrogens is 322 g/mol. The maximum absolute atomic E-state index is 12.2. The van der Waals surface area contributed by atoms with Gasteiger partial charge in [-0.3, -0.25) is 0 Å². The number of hydrogen-bond acceptors (Lipinski definition) is 6. The van der Waals surface area contributed by atoms with Crippen molar-refractivity contribution in [1.29, 1.82) is 0 Å². The summed E-state index contributed by atoms with van der Waals surface area (Å²) in [6.45, 7) is 0.0455. The van der Waals surface area contributed by atoms with Crippen LogP contribution >= 0.6 is 0 Å². The first-order chi connectivity index (χ1) is 12.3. The van der Waals surface area contributed by atoms with E-state index in [1.54, 1.807) is 18.3 Å². The topological polar surface area (TPSA) is 70.8 Å². The molecule has 0 fully saturated rings. The maximum atomic E-state index is 12.2. The van der Waals surface area contributed by atoms with Gasteiger partial charge in [0.1, 0.15) is 6.61 Å². The molecule has 6 heteroatoms. The monoisotopic (exact) mass is 337 g/mol. The molecule has 0 aliphatic carbocycles. The summed E-state index contributed by atoms with van der Waals surface area (Å²) in [6, 6.07) is 16.8. The number of rotatable bonds is 4. The number of hydrogen-bond donors (Lipinski definition) is 0. The molecule has 0 bridgehead atoms. The van der Waals surface area contributed by atoms with Crippen LogP contribution in [0.3, 0.4) is 0 Å². The molecule has 1 aromatic heterocycles. The average molecular weight is 337 g/mol. The van der Waals surface area contributed by atoms with E-state index in [-0.39, 0.29) is 13.2 Å². The lowest BCUT2D eigenvalue weighted by atomic mass is 10.2. The lowest BCUT2D eigenvalue weighted by Crippen LogP contribution is -2.37. The molecule has 0 radical (unpaired) electrons. The number of benzene rings is 2. The van der Waals surface area contributed by atoms with Crippen molar-refractivity contribution in [2.24, 2.45) is 0 Å². The molecule has 0 saturated heterocycles. The first kappa shape index (κ1) is 15.3. The van der Waals surface area contributed by atoms with Gasteiger partial charge in [0.2, 0.25) is 12.0 Å². The van der Waals surface area contributed by atoms with Crippen molar-refractivity contribution >= 4 is 5.97 Å². The van der Waals surface area contributed by atoms with Crippen LogP contribution in [0.25, 0.3) is 11.3 Å². The maximum Gasteiger partial charge on any atom is 0.351 e. The van der Waals surface area contributed by atoms with Gasteiger partial charge >= 0.3 is 5.97 Å². The lowest BCUT2D eigenvalue weighted by Gasteiger charge is -2.24. The zero-order valence-electron chi connectivity index (χ0n) is 13.3. The first-order valence-electron chi connectivity index (χ1n) is 7.85. The molecule has 0 saturated carbocycles. The van der Waals surface area contributed by atoms with Crippen LogP contribution in [0.1, 0.15) is 5.89 Å². The average Bonchev–Trinajstić information content (AvgIpc) is 3.15. The summed E-state index contributed by atoms with van der Waals surface area (Å²) in [5, 5.41) is 0. The summed E-state index contributed by atoms with van der Waals surface area (Å²) >= 11 is 0. The molecule has 1 atom stereocenters. The summed E-state index contributed by atoms with van der Waals surface area (Å²) in [4.78, 5) is 16.3. The van der Waals surface area contributed by atoms with E-state index in [0.29, 0.717) is 23.1 Å². The summed E-state index contributed by atoms with van der Waals surface area (Å²) in [5.74, 6) is 1.57. The van der Waals surface area contributed by atoms with E-state index in [2.05, 4.69) is 4.98 Å². The van der Waals surface area contributed by atoms with Crippen LogP contribution < -0.4 is 9.47 Å².